The molecule has 1 unspecified atom stereocenters. The van der Waals surface area contributed by atoms with Gasteiger partial charge < -0.3 is 14.6 Å². The molecule has 11 heteroatoms. The van der Waals surface area contributed by atoms with E-state index in [2.05, 4.69) is 4.74 Å². The van der Waals surface area contributed by atoms with Crippen LogP contribution in [-0.2, 0) is 14.3 Å². The third kappa shape index (κ3) is 6.63. The summed E-state index contributed by atoms with van der Waals surface area (Å²) >= 11 is 1.69. The SMILES string of the molecule is CC1C=C(C(=O)OC(c2ccccc2)c2ccccc2)N2C(=O)C[C@H]2S1.O=C(O)Oc1ccccc1[N+](=O)[O-]. The number of hydrogen-bond donors (Lipinski definition) is 1. The summed E-state index contributed by atoms with van der Waals surface area (Å²) in [5, 5.41) is 18.8. The van der Waals surface area contributed by atoms with Crippen LogP contribution < -0.4 is 4.74 Å². The van der Waals surface area contributed by atoms with Gasteiger partial charge in [0.2, 0.25) is 11.7 Å². The predicted octanol–water partition coefficient (Wildman–Crippen LogP) is 5.55. The van der Waals surface area contributed by atoms with Crippen LogP contribution in [0.5, 0.6) is 5.75 Å². The van der Waals surface area contributed by atoms with E-state index in [0.717, 1.165) is 17.2 Å². The summed E-state index contributed by atoms with van der Waals surface area (Å²) < 4.78 is 10.1. The first kappa shape index (κ1) is 27.4. The maximum absolute atomic E-state index is 12.9. The largest absolute Gasteiger partial charge is 0.511 e. The molecule has 0 spiro atoms. The second-order valence-corrected chi connectivity index (χ2v) is 10.1. The summed E-state index contributed by atoms with van der Waals surface area (Å²) in [6, 6.07) is 24.6. The van der Waals surface area contributed by atoms with Crippen molar-refractivity contribution >= 4 is 35.5 Å². The van der Waals surface area contributed by atoms with E-state index in [1.807, 2.05) is 73.7 Å². The van der Waals surface area contributed by atoms with Gasteiger partial charge in [0.05, 0.1) is 16.7 Å². The minimum atomic E-state index is -1.57. The molecule has 2 aliphatic heterocycles. The van der Waals surface area contributed by atoms with Crippen molar-refractivity contribution in [3.8, 4) is 5.75 Å². The van der Waals surface area contributed by atoms with Gasteiger partial charge in [0.15, 0.2) is 6.10 Å². The molecular weight excluding hydrogens is 524 g/mol. The number of para-hydroxylation sites is 2. The minimum Gasteiger partial charge on any atom is -0.449 e. The lowest BCUT2D eigenvalue weighted by atomic mass is 10.0. The summed E-state index contributed by atoms with van der Waals surface area (Å²) in [5.74, 6) is -0.749. The Bertz CT molecular complexity index is 1360. The van der Waals surface area contributed by atoms with Crippen LogP contribution in [0.1, 0.15) is 30.6 Å². The number of hydrogen-bond acceptors (Lipinski definition) is 8. The maximum atomic E-state index is 12.9. The van der Waals surface area contributed by atoms with Crippen LogP contribution in [0.3, 0.4) is 0 Å². The Balaban J connectivity index is 0.000000229. The number of nitro groups is 1. The van der Waals surface area contributed by atoms with E-state index >= 15 is 0 Å². The molecule has 5 rings (SSSR count). The number of carbonyl (C=O) groups excluding carboxylic acids is 2. The van der Waals surface area contributed by atoms with Crippen LogP contribution in [0.15, 0.2) is 96.7 Å². The van der Waals surface area contributed by atoms with Crippen LogP contribution in [0.4, 0.5) is 10.5 Å². The second kappa shape index (κ2) is 12.3. The van der Waals surface area contributed by atoms with E-state index in [4.69, 9.17) is 9.84 Å². The molecule has 0 bridgehead atoms. The average Bonchev–Trinajstić information content (AvgIpc) is 2.92. The monoisotopic (exact) mass is 548 g/mol. The van der Waals surface area contributed by atoms with Crippen LogP contribution in [-0.4, -0.2) is 43.6 Å². The number of fused-ring (bicyclic) bond motifs is 1. The zero-order valence-electron chi connectivity index (χ0n) is 20.7. The summed E-state index contributed by atoms with van der Waals surface area (Å²) in [7, 11) is 0. The van der Waals surface area contributed by atoms with Crippen LogP contribution in [0.25, 0.3) is 0 Å². The number of nitrogens with zero attached hydrogens (tertiary/aromatic N) is 2. The average molecular weight is 549 g/mol. The summed E-state index contributed by atoms with van der Waals surface area (Å²) in [4.78, 5) is 46.2. The predicted molar refractivity (Wildman–Crippen MR) is 143 cm³/mol. The number of carbonyl (C=O) groups is 3. The molecular formula is C28H24N2O8S. The topological polar surface area (TPSA) is 136 Å². The Morgan fingerprint density at radius 3 is 2.10 bits per heavy atom. The zero-order chi connectivity index (χ0) is 27.9. The molecule has 2 aliphatic rings. The number of benzene rings is 3. The molecule has 10 nitrogen and oxygen atoms in total. The number of β-lactam (4-membered cyclic amide) rings is 1. The molecule has 39 heavy (non-hydrogen) atoms. The van der Waals surface area contributed by atoms with Crippen molar-refractivity contribution < 1.29 is 33.9 Å². The first-order chi connectivity index (χ1) is 18.7. The number of amides is 1. The molecule has 3 aromatic carbocycles. The molecule has 0 radical (unpaired) electrons. The molecule has 1 amide bonds. The molecule has 1 saturated heterocycles. The fourth-order valence-corrected chi connectivity index (χ4v) is 5.38. The molecule has 0 aromatic heterocycles. The van der Waals surface area contributed by atoms with Gasteiger partial charge in [-0.3, -0.25) is 19.8 Å². The fourth-order valence-electron chi connectivity index (χ4n) is 4.08. The minimum absolute atomic E-state index is 0.0198. The van der Waals surface area contributed by atoms with Gasteiger partial charge in [0, 0.05) is 11.3 Å². The van der Waals surface area contributed by atoms with E-state index in [1.165, 1.54) is 18.2 Å². The van der Waals surface area contributed by atoms with E-state index < -0.39 is 23.2 Å². The highest BCUT2D eigenvalue weighted by atomic mass is 32.2. The Kier molecular flexibility index (Phi) is 8.62. The van der Waals surface area contributed by atoms with Gasteiger partial charge in [-0.25, -0.2) is 9.59 Å². The molecule has 1 N–H and O–H groups in total. The maximum Gasteiger partial charge on any atom is 0.511 e. The zero-order valence-corrected chi connectivity index (χ0v) is 21.5. The summed E-state index contributed by atoms with van der Waals surface area (Å²) in [6.45, 7) is 2.03. The first-order valence-corrected chi connectivity index (χ1v) is 12.8. The number of rotatable bonds is 6. The van der Waals surface area contributed by atoms with Gasteiger partial charge in [0.25, 0.3) is 0 Å². The second-order valence-electron chi connectivity index (χ2n) is 8.52. The van der Waals surface area contributed by atoms with E-state index in [0.29, 0.717) is 12.1 Å². The molecule has 2 heterocycles. The third-order valence-electron chi connectivity index (χ3n) is 5.83. The summed E-state index contributed by atoms with van der Waals surface area (Å²) in [5.41, 5.74) is 1.80. The molecule has 1 fully saturated rings. The molecule has 2 atom stereocenters. The van der Waals surface area contributed by atoms with Crippen molar-refractivity contribution in [1.82, 2.24) is 4.90 Å². The Hall–Kier alpha value is -4.64. The quantitative estimate of drug-likeness (QED) is 0.138. The lowest BCUT2D eigenvalue weighted by Crippen LogP contribution is -2.54. The van der Waals surface area contributed by atoms with E-state index in [1.54, 1.807) is 16.7 Å². The molecule has 0 saturated carbocycles. The van der Waals surface area contributed by atoms with Crippen molar-refractivity contribution in [1.29, 1.82) is 0 Å². The molecule has 3 aromatic rings. The van der Waals surface area contributed by atoms with Crippen LogP contribution in [0.2, 0.25) is 0 Å². The fraction of sp³-hybridized carbons (Fsp3) is 0.179. The highest BCUT2D eigenvalue weighted by Crippen LogP contribution is 2.41. The summed E-state index contributed by atoms with van der Waals surface area (Å²) in [6.07, 6.45) is 0.230. The van der Waals surface area contributed by atoms with Crippen molar-refractivity contribution in [2.45, 2.75) is 30.1 Å². The molecule has 0 aliphatic carbocycles. The van der Waals surface area contributed by atoms with E-state index in [9.17, 15) is 24.5 Å². The number of ether oxygens (including phenoxy) is 2. The van der Waals surface area contributed by atoms with Gasteiger partial charge in [-0.2, -0.15) is 0 Å². The number of carboxylic acid groups (broad SMARTS) is 1. The van der Waals surface area contributed by atoms with Crippen molar-refractivity contribution in [3.05, 3.63) is 118 Å². The highest BCUT2D eigenvalue weighted by molar-refractivity contribution is 8.00. The van der Waals surface area contributed by atoms with Crippen LogP contribution in [0, 0.1) is 10.1 Å². The first-order valence-electron chi connectivity index (χ1n) is 11.9. The Labute approximate surface area is 228 Å². The van der Waals surface area contributed by atoms with Gasteiger partial charge in [-0.1, -0.05) is 72.8 Å². The number of esters is 1. The molecule has 200 valence electrons. The Morgan fingerprint density at radius 1 is 1.00 bits per heavy atom. The van der Waals surface area contributed by atoms with Gasteiger partial charge in [-0.05, 0) is 30.2 Å². The van der Waals surface area contributed by atoms with E-state index in [-0.39, 0.29) is 28.0 Å². The van der Waals surface area contributed by atoms with Gasteiger partial charge in [-0.15, -0.1) is 11.8 Å². The lowest BCUT2D eigenvalue weighted by molar-refractivity contribution is -0.385. The third-order valence-corrected chi connectivity index (χ3v) is 7.08. The van der Waals surface area contributed by atoms with Crippen molar-refractivity contribution in [3.63, 3.8) is 0 Å². The number of thioether (sulfide) groups is 1. The van der Waals surface area contributed by atoms with Crippen LogP contribution >= 0.6 is 11.8 Å². The van der Waals surface area contributed by atoms with Gasteiger partial charge in [0.1, 0.15) is 5.70 Å². The van der Waals surface area contributed by atoms with Crippen molar-refractivity contribution in [2.75, 3.05) is 0 Å². The highest BCUT2D eigenvalue weighted by Gasteiger charge is 2.45. The smallest absolute Gasteiger partial charge is 0.449 e. The van der Waals surface area contributed by atoms with Gasteiger partial charge >= 0.3 is 17.8 Å². The van der Waals surface area contributed by atoms with Crippen molar-refractivity contribution in [2.24, 2.45) is 0 Å². The normalized spacial score (nSPS) is 17.5. The lowest BCUT2D eigenvalue weighted by Gasteiger charge is -2.44. The standard InChI is InChI=1S/C21H19NO3S.C7H5NO5/c1-14-12-17(22-18(23)13-19(22)26-14)21(24)25-20(15-8-4-2-5-9-15)16-10-6-3-7-11-16;9-7(10)13-6-4-2-1-3-5(6)8(11)12/h2-12,14,19-20H,13H2,1H3;1-4H,(H,9,10)/t14?,19-;/m1./s1. The number of nitro benzene ring substituents is 1. The Morgan fingerprint density at radius 2 is 1.56 bits per heavy atom.